The summed E-state index contributed by atoms with van der Waals surface area (Å²) in [6.45, 7) is 3.51. The van der Waals surface area contributed by atoms with Crippen molar-refractivity contribution in [2.75, 3.05) is 38.6 Å². The summed E-state index contributed by atoms with van der Waals surface area (Å²) in [5.74, 6) is -0.484. The van der Waals surface area contributed by atoms with Crippen molar-refractivity contribution in [3.63, 3.8) is 0 Å². The molecule has 2 aliphatic heterocycles. The monoisotopic (exact) mass is 337 g/mol. The smallest absolute Gasteiger partial charge is 0.337 e. The molecule has 2 saturated heterocycles. The predicted octanol–water partition coefficient (Wildman–Crippen LogP) is 2.44. The molecule has 0 spiro atoms. The maximum Gasteiger partial charge on any atom is 0.337 e. The fourth-order valence-electron chi connectivity index (χ4n) is 3.28. The van der Waals surface area contributed by atoms with Crippen LogP contribution in [0.1, 0.15) is 23.2 Å². The number of rotatable bonds is 2. The minimum absolute atomic E-state index is 0.158. The van der Waals surface area contributed by atoms with Gasteiger partial charge in [0.25, 0.3) is 0 Å². The molecule has 1 N–H and O–H groups in total. The maximum atomic E-state index is 12.5. The summed E-state index contributed by atoms with van der Waals surface area (Å²) in [7, 11) is 1.31. The highest BCUT2D eigenvalue weighted by atomic mass is 35.5. The Morgan fingerprint density at radius 3 is 2.87 bits per heavy atom. The predicted molar refractivity (Wildman–Crippen MR) is 88.0 cm³/mol. The van der Waals surface area contributed by atoms with Gasteiger partial charge in [0.2, 0.25) is 0 Å². The lowest BCUT2D eigenvalue weighted by molar-refractivity contribution is 0.0600. The number of methoxy groups -OCH3 is 1. The summed E-state index contributed by atoms with van der Waals surface area (Å²) in [6.07, 6.45) is 2.35. The van der Waals surface area contributed by atoms with Gasteiger partial charge in [0, 0.05) is 36.4 Å². The summed E-state index contributed by atoms with van der Waals surface area (Å²) in [4.78, 5) is 28.3. The Balaban J connectivity index is 1.68. The topological polar surface area (TPSA) is 61.9 Å². The van der Waals surface area contributed by atoms with Gasteiger partial charge in [0.05, 0.1) is 12.7 Å². The highest BCUT2D eigenvalue weighted by molar-refractivity contribution is 6.31. The Morgan fingerprint density at radius 1 is 1.26 bits per heavy atom. The van der Waals surface area contributed by atoms with Crippen LogP contribution in [0.5, 0.6) is 0 Å². The van der Waals surface area contributed by atoms with E-state index in [1.807, 2.05) is 4.90 Å². The summed E-state index contributed by atoms with van der Waals surface area (Å²) in [5, 5.41) is 3.21. The lowest BCUT2D eigenvalue weighted by atomic mass is 10.1. The molecule has 2 aliphatic rings. The van der Waals surface area contributed by atoms with Crippen LogP contribution in [0.3, 0.4) is 0 Å². The number of halogens is 1. The highest BCUT2D eigenvalue weighted by Crippen LogP contribution is 2.23. The first-order valence-electron chi connectivity index (χ1n) is 7.75. The quantitative estimate of drug-likeness (QED) is 0.842. The van der Waals surface area contributed by atoms with Crippen LogP contribution in [-0.4, -0.2) is 61.1 Å². The van der Waals surface area contributed by atoms with Crippen LogP contribution < -0.4 is 5.32 Å². The van der Waals surface area contributed by atoms with E-state index in [-0.39, 0.29) is 6.03 Å². The van der Waals surface area contributed by atoms with Crippen LogP contribution in [-0.2, 0) is 4.74 Å². The molecule has 2 amide bonds. The van der Waals surface area contributed by atoms with Gasteiger partial charge >= 0.3 is 12.0 Å². The Kier molecular flexibility index (Phi) is 4.73. The number of esters is 1. The Morgan fingerprint density at radius 2 is 2.09 bits per heavy atom. The van der Waals surface area contributed by atoms with Crippen LogP contribution in [0.2, 0.25) is 5.02 Å². The van der Waals surface area contributed by atoms with Crippen molar-refractivity contribution in [3.8, 4) is 0 Å². The Labute approximate surface area is 140 Å². The van der Waals surface area contributed by atoms with Gasteiger partial charge in [-0.3, -0.25) is 4.90 Å². The average Bonchev–Trinajstić information content (AvgIpc) is 3.01. The molecule has 2 fully saturated rings. The van der Waals surface area contributed by atoms with E-state index in [9.17, 15) is 9.59 Å². The summed E-state index contributed by atoms with van der Waals surface area (Å²) in [5.41, 5.74) is 0.813. The molecule has 0 aromatic heterocycles. The van der Waals surface area contributed by atoms with Gasteiger partial charge in [-0.25, -0.2) is 9.59 Å². The number of hydrogen-bond acceptors (Lipinski definition) is 4. The largest absolute Gasteiger partial charge is 0.465 e. The number of amides is 2. The van der Waals surface area contributed by atoms with E-state index in [0.29, 0.717) is 28.9 Å². The summed E-state index contributed by atoms with van der Waals surface area (Å²) >= 11 is 6.01. The summed E-state index contributed by atoms with van der Waals surface area (Å²) in [6, 6.07) is 5.02. The van der Waals surface area contributed by atoms with E-state index in [4.69, 9.17) is 11.6 Å². The third kappa shape index (κ3) is 3.59. The van der Waals surface area contributed by atoms with Crippen molar-refractivity contribution in [1.82, 2.24) is 9.80 Å². The van der Waals surface area contributed by atoms with Crippen molar-refractivity contribution in [2.24, 2.45) is 0 Å². The van der Waals surface area contributed by atoms with Crippen LogP contribution >= 0.6 is 11.6 Å². The van der Waals surface area contributed by atoms with Gasteiger partial charge in [0.15, 0.2) is 0 Å². The highest BCUT2D eigenvalue weighted by Gasteiger charge is 2.32. The van der Waals surface area contributed by atoms with E-state index >= 15 is 0 Å². The van der Waals surface area contributed by atoms with Gasteiger partial charge in [0.1, 0.15) is 0 Å². The van der Waals surface area contributed by atoms with E-state index in [2.05, 4.69) is 15.0 Å². The molecule has 124 valence electrons. The number of hydrogen-bond donors (Lipinski definition) is 1. The molecule has 1 atom stereocenters. The number of anilines is 1. The number of benzene rings is 1. The molecule has 0 unspecified atom stereocenters. The van der Waals surface area contributed by atoms with Crippen molar-refractivity contribution >= 4 is 29.3 Å². The Bertz CT molecular complexity index is 623. The second-order valence-electron chi connectivity index (χ2n) is 5.93. The van der Waals surface area contributed by atoms with Gasteiger partial charge in [-0.1, -0.05) is 11.6 Å². The van der Waals surface area contributed by atoms with Crippen molar-refractivity contribution in [1.29, 1.82) is 0 Å². The molecule has 1 aromatic rings. The van der Waals surface area contributed by atoms with E-state index in [1.54, 1.807) is 12.1 Å². The van der Waals surface area contributed by atoms with Crippen molar-refractivity contribution < 1.29 is 14.3 Å². The van der Waals surface area contributed by atoms with E-state index in [1.165, 1.54) is 19.6 Å². The van der Waals surface area contributed by atoms with E-state index in [0.717, 1.165) is 26.1 Å². The number of ether oxygens (including phenoxy) is 1. The second-order valence-corrected chi connectivity index (χ2v) is 6.36. The van der Waals surface area contributed by atoms with Crippen molar-refractivity contribution in [2.45, 2.75) is 18.9 Å². The van der Waals surface area contributed by atoms with E-state index < -0.39 is 5.97 Å². The number of nitrogens with one attached hydrogen (secondary N) is 1. The third-order valence-electron chi connectivity index (χ3n) is 4.44. The van der Waals surface area contributed by atoms with Gasteiger partial charge in [-0.05, 0) is 37.6 Å². The molecule has 23 heavy (non-hydrogen) atoms. The molecule has 0 bridgehead atoms. The molecule has 0 radical (unpaired) electrons. The molecular weight excluding hydrogens is 318 g/mol. The number of fused-ring (bicyclic) bond motifs is 1. The first-order chi connectivity index (χ1) is 11.1. The fraction of sp³-hybridized carbons (Fsp3) is 0.500. The lowest BCUT2D eigenvalue weighted by Gasteiger charge is -2.37. The molecule has 7 heteroatoms. The zero-order valence-corrected chi connectivity index (χ0v) is 13.8. The van der Waals surface area contributed by atoms with Crippen LogP contribution in [0, 0.1) is 0 Å². The minimum atomic E-state index is -0.484. The maximum absolute atomic E-state index is 12.5. The number of urea groups is 1. The molecular formula is C16H20ClN3O3. The number of nitrogens with zero attached hydrogens (tertiary/aromatic N) is 2. The zero-order valence-electron chi connectivity index (χ0n) is 13.0. The molecule has 1 aromatic carbocycles. The molecule has 0 saturated carbocycles. The van der Waals surface area contributed by atoms with Gasteiger partial charge < -0.3 is 15.0 Å². The van der Waals surface area contributed by atoms with Crippen LogP contribution in [0.15, 0.2) is 18.2 Å². The summed E-state index contributed by atoms with van der Waals surface area (Å²) < 4.78 is 4.69. The fourth-order valence-corrected chi connectivity index (χ4v) is 3.51. The third-order valence-corrected chi connectivity index (χ3v) is 4.66. The lowest BCUT2D eigenvalue weighted by Crippen LogP contribution is -2.53. The molecule has 6 nitrogen and oxygen atoms in total. The number of carbonyl (C=O) groups excluding carboxylic acids is 2. The first-order valence-corrected chi connectivity index (χ1v) is 8.13. The van der Waals surface area contributed by atoms with Crippen molar-refractivity contribution in [3.05, 3.63) is 28.8 Å². The van der Waals surface area contributed by atoms with Crippen LogP contribution in [0.25, 0.3) is 0 Å². The zero-order chi connectivity index (χ0) is 16.4. The SMILES string of the molecule is COC(=O)c1cc(Cl)cc(NC(=O)N2CCN3CCC[C@H]3C2)c1. The normalized spacial score (nSPS) is 21.0. The Hall–Kier alpha value is -1.79. The first kappa shape index (κ1) is 16.1. The second kappa shape index (κ2) is 6.76. The number of piperazine rings is 1. The van der Waals surface area contributed by atoms with Gasteiger partial charge in [-0.2, -0.15) is 0 Å². The molecule has 3 rings (SSSR count). The van der Waals surface area contributed by atoms with Gasteiger partial charge in [-0.15, -0.1) is 0 Å². The minimum Gasteiger partial charge on any atom is -0.465 e. The average molecular weight is 338 g/mol. The van der Waals surface area contributed by atoms with Crippen LogP contribution in [0.4, 0.5) is 10.5 Å². The molecule has 0 aliphatic carbocycles. The number of carbonyl (C=O) groups is 2. The standard InChI is InChI=1S/C16H20ClN3O3/c1-23-15(21)11-7-12(17)9-13(8-11)18-16(22)20-6-5-19-4-2-3-14(19)10-20/h7-9,14H,2-6,10H2,1H3,(H,18,22)/t14-/m0/s1. The molecule has 2 heterocycles.